The van der Waals surface area contributed by atoms with Gasteiger partial charge in [0.15, 0.2) is 0 Å². The first kappa shape index (κ1) is 11.5. The zero-order valence-corrected chi connectivity index (χ0v) is 8.72. The standard InChI is InChI=1S/C12H22/c1-5-6-9-12(4)10-7-8-11(2)3/h5,7,10-12H,1,6,8-9H2,2-4H3. The first-order chi connectivity index (χ1) is 5.66. The van der Waals surface area contributed by atoms with Crippen LogP contribution in [0.4, 0.5) is 0 Å². The average Bonchev–Trinajstić information content (AvgIpc) is 2.00. The van der Waals surface area contributed by atoms with E-state index in [1.807, 2.05) is 6.08 Å². The zero-order chi connectivity index (χ0) is 9.40. The highest BCUT2D eigenvalue weighted by Crippen LogP contribution is 2.09. The van der Waals surface area contributed by atoms with E-state index in [9.17, 15) is 0 Å². The molecule has 0 saturated heterocycles. The van der Waals surface area contributed by atoms with E-state index in [0.29, 0.717) is 5.92 Å². The van der Waals surface area contributed by atoms with E-state index in [4.69, 9.17) is 0 Å². The normalized spacial score (nSPS) is 14.0. The van der Waals surface area contributed by atoms with Crippen LogP contribution in [0.5, 0.6) is 0 Å². The smallest absolute Gasteiger partial charge is 0.0259 e. The van der Waals surface area contributed by atoms with Crippen LogP contribution in [0, 0.1) is 11.8 Å². The summed E-state index contributed by atoms with van der Waals surface area (Å²) < 4.78 is 0. The fraction of sp³-hybridized carbons (Fsp3) is 0.667. The van der Waals surface area contributed by atoms with Crippen LogP contribution in [-0.4, -0.2) is 0 Å². The number of allylic oxidation sites excluding steroid dienone is 3. The van der Waals surface area contributed by atoms with Crippen LogP contribution in [0.25, 0.3) is 0 Å². The predicted molar refractivity (Wildman–Crippen MR) is 57.2 cm³/mol. The molecule has 0 aromatic heterocycles. The van der Waals surface area contributed by atoms with Crippen LogP contribution in [0.15, 0.2) is 24.8 Å². The van der Waals surface area contributed by atoms with Crippen molar-refractivity contribution in [3.05, 3.63) is 24.8 Å². The Morgan fingerprint density at radius 3 is 2.42 bits per heavy atom. The highest BCUT2D eigenvalue weighted by molar-refractivity contribution is 4.87. The molecule has 0 N–H and O–H groups in total. The van der Waals surface area contributed by atoms with Crippen molar-refractivity contribution in [3.63, 3.8) is 0 Å². The monoisotopic (exact) mass is 166 g/mol. The molecule has 70 valence electrons. The molecule has 0 aliphatic carbocycles. The van der Waals surface area contributed by atoms with Crippen molar-refractivity contribution in [1.82, 2.24) is 0 Å². The summed E-state index contributed by atoms with van der Waals surface area (Å²) in [6.45, 7) is 10.5. The molecule has 12 heavy (non-hydrogen) atoms. The van der Waals surface area contributed by atoms with Crippen molar-refractivity contribution in [1.29, 1.82) is 0 Å². The lowest BCUT2D eigenvalue weighted by Crippen LogP contribution is -1.89. The van der Waals surface area contributed by atoms with Gasteiger partial charge in [-0.15, -0.1) is 6.58 Å². The van der Waals surface area contributed by atoms with Crippen LogP contribution in [0.3, 0.4) is 0 Å². The fourth-order valence-electron chi connectivity index (χ4n) is 1.06. The first-order valence-electron chi connectivity index (χ1n) is 4.94. The highest BCUT2D eigenvalue weighted by Gasteiger charge is 1.94. The van der Waals surface area contributed by atoms with Gasteiger partial charge in [-0.3, -0.25) is 0 Å². The van der Waals surface area contributed by atoms with Crippen molar-refractivity contribution in [2.24, 2.45) is 11.8 Å². The molecule has 0 heterocycles. The first-order valence-corrected chi connectivity index (χ1v) is 4.94. The second-order valence-corrected chi connectivity index (χ2v) is 3.90. The molecular formula is C12H22. The van der Waals surface area contributed by atoms with Gasteiger partial charge in [0.05, 0.1) is 0 Å². The maximum atomic E-state index is 3.72. The summed E-state index contributed by atoms with van der Waals surface area (Å²) >= 11 is 0. The molecular weight excluding hydrogens is 144 g/mol. The molecule has 0 aromatic carbocycles. The minimum Gasteiger partial charge on any atom is -0.103 e. The fourth-order valence-corrected chi connectivity index (χ4v) is 1.06. The van der Waals surface area contributed by atoms with E-state index in [1.54, 1.807) is 0 Å². The number of hydrogen-bond acceptors (Lipinski definition) is 0. The Morgan fingerprint density at radius 1 is 1.25 bits per heavy atom. The van der Waals surface area contributed by atoms with Gasteiger partial charge < -0.3 is 0 Å². The maximum Gasteiger partial charge on any atom is -0.0259 e. The Morgan fingerprint density at radius 2 is 1.92 bits per heavy atom. The van der Waals surface area contributed by atoms with E-state index in [-0.39, 0.29) is 0 Å². The molecule has 0 bridgehead atoms. The molecule has 0 aliphatic rings. The molecule has 0 radical (unpaired) electrons. The summed E-state index contributed by atoms with van der Waals surface area (Å²) in [5.41, 5.74) is 0. The quantitative estimate of drug-likeness (QED) is 0.519. The van der Waals surface area contributed by atoms with Crippen LogP contribution in [-0.2, 0) is 0 Å². The molecule has 0 fully saturated rings. The molecule has 0 aliphatic heterocycles. The molecule has 0 saturated carbocycles. The van der Waals surface area contributed by atoms with E-state index in [0.717, 1.165) is 12.3 Å². The van der Waals surface area contributed by atoms with E-state index in [1.165, 1.54) is 12.8 Å². The van der Waals surface area contributed by atoms with Gasteiger partial charge in [0, 0.05) is 0 Å². The van der Waals surface area contributed by atoms with Gasteiger partial charge in [-0.05, 0) is 31.1 Å². The van der Waals surface area contributed by atoms with Crippen molar-refractivity contribution in [2.45, 2.75) is 40.0 Å². The maximum absolute atomic E-state index is 3.72. The zero-order valence-electron chi connectivity index (χ0n) is 8.72. The largest absolute Gasteiger partial charge is 0.103 e. The summed E-state index contributed by atoms with van der Waals surface area (Å²) in [7, 11) is 0. The summed E-state index contributed by atoms with van der Waals surface area (Å²) in [4.78, 5) is 0. The molecule has 0 spiro atoms. The summed E-state index contributed by atoms with van der Waals surface area (Å²) in [6, 6.07) is 0. The predicted octanol–water partition coefficient (Wildman–Crippen LogP) is 4.19. The lowest BCUT2D eigenvalue weighted by molar-refractivity contribution is 0.635. The van der Waals surface area contributed by atoms with E-state index in [2.05, 4.69) is 39.5 Å². The van der Waals surface area contributed by atoms with Crippen molar-refractivity contribution in [2.75, 3.05) is 0 Å². The van der Waals surface area contributed by atoms with Crippen molar-refractivity contribution in [3.8, 4) is 0 Å². The van der Waals surface area contributed by atoms with Crippen LogP contribution < -0.4 is 0 Å². The Kier molecular flexibility index (Phi) is 6.84. The molecule has 1 unspecified atom stereocenters. The highest BCUT2D eigenvalue weighted by atomic mass is 14.0. The molecule has 0 aromatic rings. The third kappa shape index (κ3) is 7.59. The Balaban J connectivity index is 3.45. The minimum atomic E-state index is 0.710. The second-order valence-electron chi connectivity index (χ2n) is 3.90. The van der Waals surface area contributed by atoms with E-state index < -0.39 is 0 Å². The summed E-state index contributed by atoms with van der Waals surface area (Å²) in [5.74, 6) is 1.50. The van der Waals surface area contributed by atoms with Gasteiger partial charge in [-0.2, -0.15) is 0 Å². The lowest BCUT2D eigenvalue weighted by atomic mass is 10.0. The Hall–Kier alpha value is -0.520. The van der Waals surface area contributed by atoms with Crippen LogP contribution >= 0.6 is 0 Å². The van der Waals surface area contributed by atoms with Gasteiger partial charge in [-0.25, -0.2) is 0 Å². The van der Waals surface area contributed by atoms with Crippen molar-refractivity contribution < 1.29 is 0 Å². The van der Waals surface area contributed by atoms with E-state index >= 15 is 0 Å². The third-order valence-corrected chi connectivity index (χ3v) is 1.90. The molecule has 1 atom stereocenters. The molecule has 0 rings (SSSR count). The minimum absolute atomic E-state index is 0.710. The van der Waals surface area contributed by atoms with Gasteiger partial charge in [0.2, 0.25) is 0 Å². The van der Waals surface area contributed by atoms with Gasteiger partial charge in [-0.1, -0.05) is 39.0 Å². The summed E-state index contributed by atoms with van der Waals surface area (Å²) in [5, 5.41) is 0. The number of rotatable bonds is 6. The summed E-state index contributed by atoms with van der Waals surface area (Å²) in [6.07, 6.45) is 10.2. The van der Waals surface area contributed by atoms with Crippen LogP contribution in [0.1, 0.15) is 40.0 Å². The second kappa shape index (κ2) is 7.15. The molecule has 0 amide bonds. The third-order valence-electron chi connectivity index (χ3n) is 1.90. The van der Waals surface area contributed by atoms with Crippen molar-refractivity contribution >= 4 is 0 Å². The van der Waals surface area contributed by atoms with Crippen LogP contribution in [0.2, 0.25) is 0 Å². The Labute approximate surface area is 77.4 Å². The van der Waals surface area contributed by atoms with Gasteiger partial charge in [0.25, 0.3) is 0 Å². The lowest BCUT2D eigenvalue weighted by Gasteiger charge is -2.03. The van der Waals surface area contributed by atoms with Gasteiger partial charge in [0.1, 0.15) is 0 Å². The SMILES string of the molecule is C=CCCC(C)C=CCC(C)C. The topological polar surface area (TPSA) is 0 Å². The number of hydrogen-bond donors (Lipinski definition) is 0. The average molecular weight is 166 g/mol. The molecule has 0 nitrogen and oxygen atoms in total. The Bertz CT molecular complexity index is 131. The van der Waals surface area contributed by atoms with Gasteiger partial charge >= 0.3 is 0 Å². The molecule has 0 heteroatoms.